The number of nitrogens with one attached hydrogen (secondary N) is 1. The lowest BCUT2D eigenvalue weighted by Crippen LogP contribution is -2.43. The van der Waals surface area contributed by atoms with Crippen molar-refractivity contribution < 1.29 is 29.5 Å². The first-order valence-corrected chi connectivity index (χ1v) is 5.37. The van der Waals surface area contributed by atoms with Gasteiger partial charge in [0.1, 0.15) is 5.75 Å². The second kappa shape index (κ2) is 6.48. The number of aliphatic hydroxyl groups excluding tert-OH is 1. The summed E-state index contributed by atoms with van der Waals surface area (Å²) in [7, 11) is 1.26. The fourth-order valence-corrected chi connectivity index (χ4v) is 1.41. The molecule has 1 aromatic carbocycles. The molecule has 1 aromatic rings. The minimum Gasteiger partial charge on any atom is -0.496 e. The number of carbonyl (C=O) groups is 2. The van der Waals surface area contributed by atoms with Crippen molar-refractivity contribution in [2.45, 2.75) is 6.04 Å². The Morgan fingerprint density at radius 1 is 1.50 bits per heavy atom. The normalized spacial score (nSPS) is 11.5. The Labute approximate surface area is 112 Å². The van der Waals surface area contributed by atoms with Crippen molar-refractivity contribution in [2.75, 3.05) is 13.7 Å². The van der Waals surface area contributed by atoms with Gasteiger partial charge < -0.3 is 20.3 Å². The van der Waals surface area contributed by atoms with Gasteiger partial charge in [0.2, 0.25) is 0 Å². The van der Waals surface area contributed by atoms with E-state index in [9.17, 15) is 19.7 Å². The Morgan fingerprint density at radius 2 is 2.15 bits per heavy atom. The molecule has 0 heterocycles. The topological polar surface area (TPSA) is 139 Å². The van der Waals surface area contributed by atoms with Gasteiger partial charge in [-0.2, -0.15) is 0 Å². The average molecular weight is 284 g/mol. The van der Waals surface area contributed by atoms with Crippen LogP contribution < -0.4 is 10.1 Å². The molecule has 0 saturated carbocycles. The molecule has 0 aliphatic carbocycles. The van der Waals surface area contributed by atoms with E-state index < -0.39 is 29.4 Å². The number of carbonyl (C=O) groups excluding carboxylic acids is 1. The van der Waals surface area contributed by atoms with Gasteiger partial charge in [-0.05, 0) is 6.07 Å². The number of aliphatic carboxylic acids is 1. The first-order chi connectivity index (χ1) is 9.40. The van der Waals surface area contributed by atoms with E-state index in [2.05, 4.69) is 0 Å². The number of amides is 1. The number of methoxy groups -OCH3 is 1. The highest BCUT2D eigenvalue weighted by Gasteiger charge is 2.23. The number of nitrogens with zero attached hydrogens (tertiary/aromatic N) is 1. The number of benzene rings is 1. The summed E-state index contributed by atoms with van der Waals surface area (Å²) in [5, 5.41) is 30.2. The number of nitro benzene ring substituents is 1. The Kier molecular flexibility index (Phi) is 4.98. The van der Waals surface area contributed by atoms with E-state index in [1.807, 2.05) is 5.32 Å². The van der Waals surface area contributed by atoms with Crippen LogP contribution in [0.25, 0.3) is 0 Å². The zero-order valence-electron chi connectivity index (χ0n) is 10.4. The lowest BCUT2D eigenvalue weighted by molar-refractivity contribution is -0.384. The SMILES string of the molecule is COc1ccc([N+](=O)[O-])cc1C(=O)N[C@H](CO)C(=O)O. The van der Waals surface area contributed by atoms with Crippen LogP contribution in [0.4, 0.5) is 5.69 Å². The third kappa shape index (κ3) is 3.42. The van der Waals surface area contributed by atoms with Crippen molar-refractivity contribution in [3.05, 3.63) is 33.9 Å². The smallest absolute Gasteiger partial charge is 0.328 e. The molecule has 20 heavy (non-hydrogen) atoms. The van der Waals surface area contributed by atoms with Gasteiger partial charge in [-0.15, -0.1) is 0 Å². The van der Waals surface area contributed by atoms with Crippen LogP contribution in [0.3, 0.4) is 0 Å². The molecule has 0 unspecified atom stereocenters. The molecule has 0 fully saturated rings. The van der Waals surface area contributed by atoms with Crippen molar-refractivity contribution in [3.63, 3.8) is 0 Å². The molecule has 1 atom stereocenters. The monoisotopic (exact) mass is 284 g/mol. The lowest BCUT2D eigenvalue weighted by atomic mass is 10.1. The molecule has 0 saturated heterocycles. The first kappa shape index (κ1) is 15.4. The van der Waals surface area contributed by atoms with Crippen molar-refractivity contribution in [1.82, 2.24) is 5.32 Å². The predicted molar refractivity (Wildman–Crippen MR) is 65.6 cm³/mol. The molecule has 108 valence electrons. The molecule has 1 amide bonds. The highest BCUT2D eigenvalue weighted by Crippen LogP contribution is 2.23. The second-order valence-corrected chi connectivity index (χ2v) is 3.69. The number of carboxylic acid groups (broad SMARTS) is 1. The van der Waals surface area contributed by atoms with Crippen LogP contribution in [0.5, 0.6) is 5.75 Å². The summed E-state index contributed by atoms with van der Waals surface area (Å²) in [6.07, 6.45) is 0. The second-order valence-electron chi connectivity index (χ2n) is 3.69. The van der Waals surface area contributed by atoms with Gasteiger partial charge in [-0.1, -0.05) is 0 Å². The van der Waals surface area contributed by atoms with E-state index in [-0.39, 0.29) is 17.0 Å². The largest absolute Gasteiger partial charge is 0.496 e. The summed E-state index contributed by atoms with van der Waals surface area (Å²) in [5.41, 5.74) is -0.534. The highest BCUT2D eigenvalue weighted by molar-refractivity contribution is 5.99. The Morgan fingerprint density at radius 3 is 2.60 bits per heavy atom. The van der Waals surface area contributed by atoms with Crippen LogP contribution in [0, 0.1) is 10.1 Å². The summed E-state index contributed by atoms with van der Waals surface area (Å²) in [6.45, 7) is -0.807. The molecular formula is C11H12N2O7. The molecule has 0 radical (unpaired) electrons. The number of carboxylic acids is 1. The van der Waals surface area contributed by atoms with E-state index in [1.165, 1.54) is 13.2 Å². The number of hydrogen-bond donors (Lipinski definition) is 3. The van der Waals surface area contributed by atoms with Crippen LogP contribution in [-0.2, 0) is 4.79 Å². The van der Waals surface area contributed by atoms with E-state index in [0.29, 0.717) is 0 Å². The Bertz CT molecular complexity index is 544. The molecule has 0 aliphatic rings. The fraction of sp³-hybridized carbons (Fsp3) is 0.273. The molecule has 9 heteroatoms. The summed E-state index contributed by atoms with van der Waals surface area (Å²) < 4.78 is 4.88. The quantitative estimate of drug-likeness (QED) is 0.484. The van der Waals surface area contributed by atoms with E-state index in [4.69, 9.17) is 14.9 Å². The average Bonchev–Trinajstić information content (AvgIpc) is 2.43. The van der Waals surface area contributed by atoms with Crippen molar-refractivity contribution in [1.29, 1.82) is 0 Å². The third-order valence-corrected chi connectivity index (χ3v) is 2.42. The standard InChI is InChI=1S/C11H12N2O7/c1-20-9-3-2-6(13(18)19)4-7(9)10(15)12-8(5-14)11(16)17/h2-4,8,14H,5H2,1H3,(H,12,15)(H,16,17)/t8-/m1/s1. The molecule has 3 N–H and O–H groups in total. The highest BCUT2D eigenvalue weighted by atomic mass is 16.6. The third-order valence-electron chi connectivity index (χ3n) is 2.42. The maximum absolute atomic E-state index is 11.9. The molecule has 0 spiro atoms. The Hall–Kier alpha value is -2.68. The van der Waals surface area contributed by atoms with E-state index in [1.54, 1.807) is 0 Å². The Balaban J connectivity index is 3.09. The van der Waals surface area contributed by atoms with Gasteiger partial charge in [0.15, 0.2) is 6.04 Å². The van der Waals surface area contributed by atoms with Gasteiger partial charge in [-0.3, -0.25) is 14.9 Å². The first-order valence-electron chi connectivity index (χ1n) is 5.37. The summed E-state index contributed by atoms with van der Waals surface area (Å²) in [5.74, 6) is -2.27. The van der Waals surface area contributed by atoms with Crippen LogP contribution in [0.2, 0.25) is 0 Å². The number of aliphatic hydroxyl groups is 1. The summed E-state index contributed by atoms with van der Waals surface area (Å²) in [4.78, 5) is 32.6. The fourth-order valence-electron chi connectivity index (χ4n) is 1.41. The maximum atomic E-state index is 11.9. The van der Waals surface area contributed by atoms with Crippen LogP contribution in [-0.4, -0.2) is 46.8 Å². The van der Waals surface area contributed by atoms with Crippen LogP contribution in [0.15, 0.2) is 18.2 Å². The van der Waals surface area contributed by atoms with Crippen molar-refractivity contribution in [2.24, 2.45) is 0 Å². The van der Waals surface area contributed by atoms with Crippen LogP contribution in [0.1, 0.15) is 10.4 Å². The molecule has 0 aliphatic heterocycles. The van der Waals surface area contributed by atoms with Gasteiger partial charge in [0.25, 0.3) is 11.6 Å². The van der Waals surface area contributed by atoms with Crippen LogP contribution >= 0.6 is 0 Å². The van der Waals surface area contributed by atoms with E-state index >= 15 is 0 Å². The molecule has 0 bridgehead atoms. The predicted octanol–water partition coefficient (Wildman–Crippen LogP) is -0.221. The number of nitro groups is 1. The lowest BCUT2D eigenvalue weighted by Gasteiger charge is -2.13. The zero-order valence-corrected chi connectivity index (χ0v) is 10.4. The zero-order chi connectivity index (χ0) is 15.3. The number of ether oxygens (including phenoxy) is 1. The van der Waals surface area contributed by atoms with Gasteiger partial charge in [0.05, 0.1) is 24.2 Å². The number of non-ortho nitro benzene ring substituents is 1. The minimum absolute atomic E-state index is 0.0511. The molecular weight excluding hydrogens is 272 g/mol. The van der Waals surface area contributed by atoms with Crippen molar-refractivity contribution >= 4 is 17.6 Å². The minimum atomic E-state index is -1.51. The van der Waals surface area contributed by atoms with Gasteiger partial charge >= 0.3 is 5.97 Å². The summed E-state index contributed by atoms with van der Waals surface area (Å²) in [6, 6.07) is 1.83. The number of hydrogen-bond acceptors (Lipinski definition) is 6. The molecule has 0 aromatic heterocycles. The summed E-state index contributed by atoms with van der Waals surface area (Å²) >= 11 is 0. The van der Waals surface area contributed by atoms with Gasteiger partial charge in [0, 0.05) is 12.1 Å². The number of rotatable bonds is 6. The van der Waals surface area contributed by atoms with E-state index in [0.717, 1.165) is 12.1 Å². The molecule has 9 nitrogen and oxygen atoms in total. The molecule has 1 rings (SSSR count). The van der Waals surface area contributed by atoms with Crippen molar-refractivity contribution in [3.8, 4) is 5.75 Å². The maximum Gasteiger partial charge on any atom is 0.328 e. The van der Waals surface area contributed by atoms with Gasteiger partial charge in [-0.25, -0.2) is 4.79 Å².